The zero-order chi connectivity index (χ0) is 14.1. The number of nitrogens with zero attached hydrogens (tertiary/aromatic N) is 2. The van der Waals surface area contributed by atoms with Crippen LogP contribution in [0, 0.1) is 4.77 Å². The van der Waals surface area contributed by atoms with Crippen LogP contribution in [0.15, 0.2) is 41.0 Å². The third kappa shape index (κ3) is 2.48. The van der Waals surface area contributed by atoms with Crippen LogP contribution in [0.5, 0.6) is 5.88 Å². The molecule has 1 aromatic carbocycles. The number of H-pyrrole nitrogens is 1. The van der Waals surface area contributed by atoms with Gasteiger partial charge in [-0.1, -0.05) is 15.9 Å². The average molecular weight is 350 g/mol. The Labute approximate surface area is 129 Å². The molecule has 2 heterocycles. The first-order valence-electron chi connectivity index (χ1n) is 6.04. The molecule has 0 saturated heterocycles. The van der Waals surface area contributed by atoms with E-state index in [1.165, 1.54) is 0 Å². The Balaban J connectivity index is 2.06. The topological polar surface area (TPSA) is 42.8 Å². The molecule has 3 rings (SSSR count). The zero-order valence-corrected chi connectivity index (χ0v) is 13.2. The Morgan fingerprint density at radius 3 is 3.00 bits per heavy atom. The highest BCUT2D eigenvalue weighted by molar-refractivity contribution is 9.10. The number of aromatic amines is 1. The summed E-state index contributed by atoms with van der Waals surface area (Å²) in [6.07, 6.45) is 1.74. The van der Waals surface area contributed by atoms with E-state index in [2.05, 4.69) is 30.5 Å². The van der Waals surface area contributed by atoms with Crippen molar-refractivity contribution in [1.82, 2.24) is 14.5 Å². The number of fused-ring (bicyclic) bond motifs is 1. The Morgan fingerprint density at radius 1 is 1.35 bits per heavy atom. The number of methoxy groups -OCH3 is 1. The highest BCUT2D eigenvalue weighted by atomic mass is 79.9. The summed E-state index contributed by atoms with van der Waals surface area (Å²) >= 11 is 8.87. The van der Waals surface area contributed by atoms with E-state index in [0.29, 0.717) is 17.2 Å². The van der Waals surface area contributed by atoms with E-state index in [0.717, 1.165) is 21.1 Å². The minimum Gasteiger partial charge on any atom is -0.481 e. The minimum absolute atomic E-state index is 0.608. The summed E-state index contributed by atoms with van der Waals surface area (Å²) in [7, 11) is 1.61. The van der Waals surface area contributed by atoms with Gasteiger partial charge in [0.05, 0.1) is 24.7 Å². The minimum atomic E-state index is 0.608. The van der Waals surface area contributed by atoms with Crippen molar-refractivity contribution < 1.29 is 4.74 Å². The molecule has 0 saturated carbocycles. The van der Waals surface area contributed by atoms with Gasteiger partial charge in [0.1, 0.15) is 0 Å². The van der Waals surface area contributed by atoms with Gasteiger partial charge in [-0.05, 0) is 42.0 Å². The maximum Gasteiger partial charge on any atom is 0.213 e. The number of imidazole rings is 1. The fraction of sp³-hybridized carbons (Fsp3) is 0.143. The molecule has 4 nitrogen and oxygen atoms in total. The van der Waals surface area contributed by atoms with E-state index in [-0.39, 0.29) is 0 Å². The lowest BCUT2D eigenvalue weighted by Gasteiger charge is -2.06. The molecule has 0 amide bonds. The average Bonchev–Trinajstić information content (AvgIpc) is 2.74. The summed E-state index contributed by atoms with van der Waals surface area (Å²) in [6, 6.07) is 9.95. The molecule has 6 heteroatoms. The fourth-order valence-electron chi connectivity index (χ4n) is 2.14. The van der Waals surface area contributed by atoms with Crippen LogP contribution in [-0.4, -0.2) is 21.6 Å². The van der Waals surface area contributed by atoms with Gasteiger partial charge in [0.15, 0.2) is 4.77 Å². The van der Waals surface area contributed by atoms with E-state index in [4.69, 9.17) is 17.0 Å². The number of halogens is 1. The van der Waals surface area contributed by atoms with Crippen molar-refractivity contribution in [2.45, 2.75) is 6.54 Å². The number of hydrogen-bond donors (Lipinski definition) is 1. The van der Waals surface area contributed by atoms with E-state index >= 15 is 0 Å². The van der Waals surface area contributed by atoms with E-state index in [1.54, 1.807) is 13.3 Å². The summed E-state index contributed by atoms with van der Waals surface area (Å²) in [5.41, 5.74) is 3.19. The highest BCUT2D eigenvalue weighted by Gasteiger charge is 2.06. The lowest BCUT2D eigenvalue weighted by atomic mass is 10.2. The lowest BCUT2D eigenvalue weighted by Crippen LogP contribution is -2.00. The molecule has 102 valence electrons. The first kappa shape index (κ1) is 13.3. The maximum atomic E-state index is 5.40. The van der Waals surface area contributed by atoms with E-state index < -0.39 is 0 Å². The standard InChI is InChI=1S/C14H12BrN3OS/c1-19-13-6-9(4-5-16-13)8-18-12-3-2-10(15)7-11(12)17-14(18)20/h2-7H,8H2,1H3,(H,17,20). The normalized spacial score (nSPS) is 10.9. The van der Waals surface area contributed by atoms with Gasteiger partial charge in [0.25, 0.3) is 0 Å². The zero-order valence-electron chi connectivity index (χ0n) is 10.8. The first-order valence-corrected chi connectivity index (χ1v) is 7.24. The second-order valence-corrected chi connectivity index (χ2v) is 5.69. The van der Waals surface area contributed by atoms with Crippen LogP contribution in [0.25, 0.3) is 11.0 Å². The molecule has 0 bridgehead atoms. The molecule has 0 atom stereocenters. The SMILES string of the molecule is COc1cc(Cn2c(=S)[nH]c3cc(Br)ccc32)ccn1. The molecule has 0 fully saturated rings. The van der Waals surface area contributed by atoms with Gasteiger partial charge in [0, 0.05) is 16.7 Å². The molecule has 0 aliphatic carbocycles. The van der Waals surface area contributed by atoms with Gasteiger partial charge in [-0.2, -0.15) is 0 Å². The number of nitrogens with one attached hydrogen (secondary N) is 1. The van der Waals surface area contributed by atoms with Crippen molar-refractivity contribution in [2.24, 2.45) is 0 Å². The van der Waals surface area contributed by atoms with Gasteiger partial charge in [0.2, 0.25) is 5.88 Å². The van der Waals surface area contributed by atoms with Crippen LogP contribution in [0.1, 0.15) is 5.56 Å². The van der Waals surface area contributed by atoms with Crippen LogP contribution in [0.4, 0.5) is 0 Å². The summed E-state index contributed by atoms with van der Waals surface area (Å²) in [4.78, 5) is 7.33. The predicted octanol–water partition coefficient (Wildman–Crippen LogP) is 3.91. The Morgan fingerprint density at radius 2 is 2.20 bits per heavy atom. The molecule has 3 aromatic rings. The predicted molar refractivity (Wildman–Crippen MR) is 84.7 cm³/mol. The van der Waals surface area contributed by atoms with Crippen LogP contribution < -0.4 is 4.74 Å². The van der Waals surface area contributed by atoms with Gasteiger partial charge < -0.3 is 14.3 Å². The number of rotatable bonds is 3. The molecular weight excluding hydrogens is 338 g/mol. The molecule has 0 unspecified atom stereocenters. The second-order valence-electron chi connectivity index (χ2n) is 4.38. The van der Waals surface area contributed by atoms with Crippen molar-refractivity contribution >= 4 is 39.2 Å². The van der Waals surface area contributed by atoms with Gasteiger partial charge in [-0.25, -0.2) is 4.98 Å². The van der Waals surface area contributed by atoms with Gasteiger partial charge in [-0.15, -0.1) is 0 Å². The summed E-state index contributed by atoms with van der Waals surface area (Å²) in [5.74, 6) is 0.608. The third-order valence-electron chi connectivity index (χ3n) is 3.09. The smallest absolute Gasteiger partial charge is 0.213 e. The molecule has 0 radical (unpaired) electrons. The van der Waals surface area contributed by atoms with Crippen LogP contribution in [0.3, 0.4) is 0 Å². The van der Waals surface area contributed by atoms with Crippen molar-refractivity contribution in [3.8, 4) is 5.88 Å². The highest BCUT2D eigenvalue weighted by Crippen LogP contribution is 2.21. The van der Waals surface area contributed by atoms with Crippen molar-refractivity contribution in [2.75, 3.05) is 7.11 Å². The second kappa shape index (κ2) is 5.38. The number of hydrogen-bond acceptors (Lipinski definition) is 3. The van der Waals surface area contributed by atoms with E-state index in [9.17, 15) is 0 Å². The summed E-state index contributed by atoms with van der Waals surface area (Å²) < 4.78 is 8.94. The third-order valence-corrected chi connectivity index (χ3v) is 3.90. The van der Waals surface area contributed by atoms with Crippen molar-refractivity contribution in [3.63, 3.8) is 0 Å². The number of aromatic nitrogens is 3. The fourth-order valence-corrected chi connectivity index (χ4v) is 2.77. The number of ether oxygens (including phenoxy) is 1. The molecule has 2 aromatic heterocycles. The largest absolute Gasteiger partial charge is 0.481 e. The first-order chi connectivity index (χ1) is 9.67. The van der Waals surface area contributed by atoms with Gasteiger partial charge in [-0.3, -0.25) is 0 Å². The molecule has 20 heavy (non-hydrogen) atoms. The lowest BCUT2D eigenvalue weighted by molar-refractivity contribution is 0.397. The van der Waals surface area contributed by atoms with Crippen LogP contribution >= 0.6 is 28.1 Å². The van der Waals surface area contributed by atoms with E-state index in [1.807, 2.05) is 30.3 Å². The van der Waals surface area contributed by atoms with Crippen LogP contribution in [0.2, 0.25) is 0 Å². The molecule has 0 aliphatic heterocycles. The van der Waals surface area contributed by atoms with Crippen molar-refractivity contribution in [3.05, 3.63) is 51.3 Å². The molecule has 1 N–H and O–H groups in total. The Hall–Kier alpha value is -1.66. The maximum absolute atomic E-state index is 5.40. The Kier molecular flexibility index (Phi) is 3.58. The summed E-state index contributed by atoms with van der Waals surface area (Å²) in [6.45, 7) is 0.680. The van der Waals surface area contributed by atoms with Gasteiger partial charge >= 0.3 is 0 Å². The number of benzene rings is 1. The molecular formula is C14H12BrN3OS. The van der Waals surface area contributed by atoms with Crippen LogP contribution in [-0.2, 0) is 6.54 Å². The molecule has 0 aliphatic rings. The summed E-state index contributed by atoms with van der Waals surface area (Å²) in [5, 5.41) is 0. The number of pyridine rings is 1. The molecule has 0 spiro atoms. The van der Waals surface area contributed by atoms with Crippen molar-refractivity contribution in [1.29, 1.82) is 0 Å². The Bertz CT molecular complexity index is 825. The monoisotopic (exact) mass is 349 g/mol. The quantitative estimate of drug-likeness (QED) is 0.729.